The third-order valence-corrected chi connectivity index (χ3v) is 5.72. The van der Waals surface area contributed by atoms with E-state index in [0.717, 1.165) is 0 Å². The van der Waals surface area contributed by atoms with Gasteiger partial charge in [-0.25, -0.2) is 8.42 Å². The van der Waals surface area contributed by atoms with Gasteiger partial charge >= 0.3 is 0 Å². The van der Waals surface area contributed by atoms with Gasteiger partial charge in [-0.3, -0.25) is 0 Å². The van der Waals surface area contributed by atoms with Gasteiger partial charge in [0.1, 0.15) is 18.1 Å². The summed E-state index contributed by atoms with van der Waals surface area (Å²) >= 11 is 3.30. The maximum atomic E-state index is 12.5. The van der Waals surface area contributed by atoms with E-state index in [4.69, 9.17) is 9.47 Å². The zero-order valence-corrected chi connectivity index (χ0v) is 15.3. The van der Waals surface area contributed by atoms with Crippen LogP contribution in [0.15, 0.2) is 57.9 Å². The van der Waals surface area contributed by atoms with Crippen molar-refractivity contribution in [2.24, 2.45) is 0 Å². The van der Waals surface area contributed by atoms with E-state index in [1.807, 2.05) is 30.3 Å². The van der Waals surface area contributed by atoms with E-state index in [2.05, 4.69) is 15.9 Å². The molecule has 0 aliphatic rings. The number of para-hydroxylation sites is 1. The molecule has 0 fully saturated rings. The van der Waals surface area contributed by atoms with E-state index >= 15 is 0 Å². The smallest absolute Gasteiger partial charge is 0.242 e. The van der Waals surface area contributed by atoms with Crippen LogP contribution in [0.3, 0.4) is 0 Å². The van der Waals surface area contributed by atoms with Crippen molar-refractivity contribution in [1.29, 1.82) is 0 Å². The molecule has 2 aromatic rings. The minimum absolute atomic E-state index is 0.201. The Hall–Kier alpha value is -1.57. The Morgan fingerprint density at radius 3 is 2.43 bits per heavy atom. The molecule has 2 aromatic carbocycles. The molecule has 0 aromatic heterocycles. The fraction of sp³-hybridized carbons (Fsp3) is 0.250. The first-order chi connectivity index (χ1) is 10.9. The van der Waals surface area contributed by atoms with Crippen LogP contribution in [0.4, 0.5) is 0 Å². The fourth-order valence-corrected chi connectivity index (χ4v) is 3.79. The number of ether oxygens (including phenoxy) is 2. The number of hydrogen-bond acceptors (Lipinski definition) is 4. The molecule has 0 radical (unpaired) electrons. The zero-order chi connectivity index (χ0) is 16.9. The second kappa shape index (κ2) is 7.81. The van der Waals surface area contributed by atoms with E-state index in [1.54, 1.807) is 6.07 Å². The predicted octanol–water partition coefficient (Wildman–Crippen LogP) is 3.16. The standard InChI is InChI=1S/C16H18BrNO4S/c1-18(10-11-22-13-6-4-3-5-7-13)23(19,20)14-8-9-16(21-2)15(17)12-14/h3-9,12H,10-11H2,1-2H3. The number of halogens is 1. The Kier molecular flexibility index (Phi) is 6.04. The summed E-state index contributed by atoms with van der Waals surface area (Å²) in [5.41, 5.74) is 0. The van der Waals surface area contributed by atoms with Gasteiger partial charge in [0.2, 0.25) is 10.0 Å². The maximum Gasteiger partial charge on any atom is 0.242 e. The van der Waals surface area contributed by atoms with Crippen LogP contribution in [-0.4, -0.2) is 40.0 Å². The molecule has 0 aliphatic carbocycles. The molecule has 124 valence electrons. The van der Waals surface area contributed by atoms with Gasteiger partial charge in [0.15, 0.2) is 0 Å². The fourth-order valence-electron chi connectivity index (χ4n) is 1.92. The van der Waals surface area contributed by atoms with E-state index in [0.29, 0.717) is 16.0 Å². The van der Waals surface area contributed by atoms with E-state index in [-0.39, 0.29) is 18.0 Å². The Bertz CT molecular complexity index is 750. The van der Waals surface area contributed by atoms with Crippen molar-refractivity contribution in [3.8, 4) is 11.5 Å². The third-order valence-electron chi connectivity index (χ3n) is 3.25. The number of benzene rings is 2. The van der Waals surface area contributed by atoms with Gasteiger partial charge in [0, 0.05) is 13.6 Å². The first kappa shape index (κ1) is 17.8. The first-order valence-corrected chi connectivity index (χ1v) is 9.16. The largest absolute Gasteiger partial charge is 0.496 e. The molecule has 0 saturated carbocycles. The SMILES string of the molecule is COc1ccc(S(=O)(=O)N(C)CCOc2ccccc2)cc1Br. The molecule has 0 heterocycles. The lowest BCUT2D eigenvalue weighted by atomic mass is 10.3. The zero-order valence-electron chi connectivity index (χ0n) is 12.9. The number of sulfonamides is 1. The van der Waals surface area contributed by atoms with Crippen molar-refractivity contribution in [3.05, 3.63) is 53.0 Å². The van der Waals surface area contributed by atoms with Gasteiger partial charge in [-0.2, -0.15) is 4.31 Å². The maximum absolute atomic E-state index is 12.5. The summed E-state index contributed by atoms with van der Waals surface area (Å²) in [5.74, 6) is 1.30. The molecular weight excluding hydrogens is 382 g/mol. The molecule has 23 heavy (non-hydrogen) atoms. The van der Waals surface area contributed by atoms with Crippen LogP contribution < -0.4 is 9.47 Å². The van der Waals surface area contributed by atoms with Crippen molar-refractivity contribution in [1.82, 2.24) is 4.31 Å². The van der Waals surface area contributed by atoms with Crippen LogP contribution in [0, 0.1) is 0 Å². The van der Waals surface area contributed by atoms with E-state index in [1.165, 1.54) is 30.6 Å². The Morgan fingerprint density at radius 2 is 1.83 bits per heavy atom. The summed E-state index contributed by atoms with van der Waals surface area (Å²) in [6, 6.07) is 14.0. The molecule has 0 amide bonds. The minimum atomic E-state index is -3.57. The predicted molar refractivity (Wildman–Crippen MR) is 92.4 cm³/mol. The highest BCUT2D eigenvalue weighted by atomic mass is 79.9. The molecule has 0 atom stereocenters. The van der Waals surface area contributed by atoms with Crippen molar-refractivity contribution >= 4 is 26.0 Å². The van der Waals surface area contributed by atoms with E-state index in [9.17, 15) is 8.42 Å². The summed E-state index contributed by atoms with van der Waals surface area (Å²) in [6.45, 7) is 0.526. The molecule has 0 N–H and O–H groups in total. The summed E-state index contributed by atoms with van der Waals surface area (Å²) in [4.78, 5) is 0.201. The summed E-state index contributed by atoms with van der Waals surface area (Å²) in [7, 11) is -0.514. The van der Waals surface area contributed by atoms with Crippen LogP contribution in [-0.2, 0) is 10.0 Å². The minimum Gasteiger partial charge on any atom is -0.496 e. The summed E-state index contributed by atoms with van der Waals surface area (Å²) < 4.78 is 37.6. The molecule has 0 spiro atoms. The van der Waals surface area contributed by atoms with Crippen molar-refractivity contribution in [2.45, 2.75) is 4.90 Å². The Labute approximate surface area is 145 Å². The van der Waals surface area contributed by atoms with Crippen LogP contribution in [0.25, 0.3) is 0 Å². The van der Waals surface area contributed by atoms with Gasteiger partial charge in [-0.05, 0) is 46.3 Å². The quantitative estimate of drug-likeness (QED) is 0.717. The van der Waals surface area contributed by atoms with Crippen LogP contribution in [0.2, 0.25) is 0 Å². The second-order valence-corrected chi connectivity index (χ2v) is 7.68. The lowest BCUT2D eigenvalue weighted by Gasteiger charge is -2.18. The summed E-state index contributed by atoms with van der Waals surface area (Å²) in [6.07, 6.45) is 0. The average Bonchev–Trinajstić information content (AvgIpc) is 2.55. The van der Waals surface area contributed by atoms with Gasteiger partial charge in [0.05, 0.1) is 16.5 Å². The summed E-state index contributed by atoms with van der Waals surface area (Å²) in [5, 5.41) is 0. The number of hydrogen-bond donors (Lipinski definition) is 0. The van der Waals surface area contributed by atoms with Crippen molar-refractivity contribution in [2.75, 3.05) is 27.3 Å². The van der Waals surface area contributed by atoms with Crippen molar-refractivity contribution < 1.29 is 17.9 Å². The third kappa shape index (κ3) is 4.46. The lowest BCUT2D eigenvalue weighted by Crippen LogP contribution is -2.31. The molecule has 5 nitrogen and oxygen atoms in total. The molecule has 0 aliphatic heterocycles. The molecule has 0 bridgehead atoms. The average molecular weight is 400 g/mol. The molecule has 7 heteroatoms. The van der Waals surface area contributed by atoms with Gasteiger partial charge < -0.3 is 9.47 Å². The molecule has 0 unspecified atom stereocenters. The van der Waals surface area contributed by atoms with E-state index < -0.39 is 10.0 Å². The molecular formula is C16H18BrNO4S. The Balaban J connectivity index is 2.02. The number of methoxy groups -OCH3 is 1. The number of nitrogens with zero attached hydrogens (tertiary/aromatic N) is 1. The normalized spacial score (nSPS) is 11.5. The molecule has 2 rings (SSSR count). The highest BCUT2D eigenvalue weighted by molar-refractivity contribution is 9.10. The van der Waals surface area contributed by atoms with Crippen LogP contribution in [0.5, 0.6) is 11.5 Å². The topological polar surface area (TPSA) is 55.8 Å². The monoisotopic (exact) mass is 399 g/mol. The van der Waals surface area contributed by atoms with Gasteiger partial charge in [0.25, 0.3) is 0 Å². The van der Waals surface area contributed by atoms with Crippen LogP contribution >= 0.6 is 15.9 Å². The second-order valence-electron chi connectivity index (χ2n) is 4.78. The Morgan fingerprint density at radius 1 is 1.13 bits per heavy atom. The highest BCUT2D eigenvalue weighted by Crippen LogP contribution is 2.28. The van der Waals surface area contributed by atoms with Crippen molar-refractivity contribution in [3.63, 3.8) is 0 Å². The number of rotatable bonds is 7. The lowest BCUT2D eigenvalue weighted by molar-refractivity contribution is 0.287. The number of likely N-dealkylation sites (N-methyl/N-ethyl adjacent to an activating group) is 1. The van der Waals surface area contributed by atoms with Gasteiger partial charge in [-0.1, -0.05) is 18.2 Å². The highest BCUT2D eigenvalue weighted by Gasteiger charge is 2.21. The van der Waals surface area contributed by atoms with Crippen LogP contribution in [0.1, 0.15) is 0 Å². The van der Waals surface area contributed by atoms with Gasteiger partial charge in [-0.15, -0.1) is 0 Å². The first-order valence-electron chi connectivity index (χ1n) is 6.93. The molecule has 0 saturated heterocycles.